The summed E-state index contributed by atoms with van der Waals surface area (Å²) in [5.41, 5.74) is 2.55. The number of aliphatic hydroxyl groups is 1. The molecule has 2 nitrogen and oxygen atoms in total. The standard InChI is InChI=1S/C17H16ClFO2/c18-13-6-4-12(16(19)8-13)10-21-14-7-5-11-2-1-3-17(20)15(11)9-14/h4-9,17,20H,1-3,10H2/t17-/m0/s1. The van der Waals surface area contributed by atoms with Gasteiger partial charge in [-0.05, 0) is 54.7 Å². The van der Waals surface area contributed by atoms with Gasteiger partial charge in [0.25, 0.3) is 0 Å². The lowest BCUT2D eigenvalue weighted by atomic mass is 9.89. The topological polar surface area (TPSA) is 29.5 Å². The first-order valence-electron chi connectivity index (χ1n) is 7.01. The maximum absolute atomic E-state index is 13.7. The molecule has 0 amide bonds. The number of halogens is 2. The Hall–Kier alpha value is -1.58. The second kappa shape index (κ2) is 6.04. The molecule has 2 aromatic carbocycles. The van der Waals surface area contributed by atoms with Crippen molar-refractivity contribution >= 4 is 11.6 Å². The van der Waals surface area contributed by atoms with Crippen molar-refractivity contribution in [1.29, 1.82) is 0 Å². The lowest BCUT2D eigenvalue weighted by molar-refractivity contribution is 0.156. The predicted octanol–water partition coefficient (Wildman–Crippen LogP) is 4.43. The van der Waals surface area contributed by atoms with Crippen molar-refractivity contribution < 1.29 is 14.2 Å². The number of hydrogen-bond donors (Lipinski definition) is 1. The Labute approximate surface area is 128 Å². The highest BCUT2D eigenvalue weighted by Crippen LogP contribution is 2.32. The summed E-state index contributed by atoms with van der Waals surface area (Å²) in [6.07, 6.45) is 2.34. The van der Waals surface area contributed by atoms with Crippen LogP contribution in [0.15, 0.2) is 36.4 Å². The van der Waals surface area contributed by atoms with E-state index in [9.17, 15) is 9.50 Å². The second-order valence-electron chi connectivity index (χ2n) is 5.29. The average molecular weight is 307 g/mol. The van der Waals surface area contributed by atoms with Gasteiger partial charge in [-0.1, -0.05) is 23.7 Å². The summed E-state index contributed by atoms with van der Waals surface area (Å²) in [7, 11) is 0. The molecule has 0 saturated carbocycles. The lowest BCUT2D eigenvalue weighted by Crippen LogP contribution is -2.09. The van der Waals surface area contributed by atoms with Gasteiger partial charge in [0.05, 0.1) is 6.10 Å². The minimum atomic E-state index is -0.426. The summed E-state index contributed by atoms with van der Waals surface area (Å²) in [5.74, 6) is 0.268. The highest BCUT2D eigenvalue weighted by molar-refractivity contribution is 6.30. The first kappa shape index (κ1) is 14.4. The van der Waals surface area contributed by atoms with E-state index in [1.54, 1.807) is 12.1 Å². The zero-order valence-corrected chi connectivity index (χ0v) is 12.2. The average Bonchev–Trinajstić information content (AvgIpc) is 2.47. The molecule has 1 aliphatic carbocycles. The highest BCUT2D eigenvalue weighted by atomic mass is 35.5. The van der Waals surface area contributed by atoms with E-state index in [0.29, 0.717) is 16.3 Å². The molecule has 4 heteroatoms. The molecule has 0 aromatic heterocycles. The van der Waals surface area contributed by atoms with Crippen molar-refractivity contribution in [3.63, 3.8) is 0 Å². The van der Waals surface area contributed by atoms with E-state index in [0.717, 1.165) is 24.8 Å². The SMILES string of the molecule is O[C@H]1CCCc2ccc(OCc3ccc(Cl)cc3F)cc21. The molecule has 1 N–H and O–H groups in total. The van der Waals surface area contributed by atoms with Crippen molar-refractivity contribution in [3.05, 3.63) is 63.9 Å². The van der Waals surface area contributed by atoms with Crippen LogP contribution >= 0.6 is 11.6 Å². The van der Waals surface area contributed by atoms with E-state index >= 15 is 0 Å². The van der Waals surface area contributed by atoms with E-state index in [4.69, 9.17) is 16.3 Å². The van der Waals surface area contributed by atoms with Gasteiger partial charge < -0.3 is 9.84 Å². The zero-order valence-electron chi connectivity index (χ0n) is 11.5. The van der Waals surface area contributed by atoms with E-state index in [1.807, 2.05) is 18.2 Å². The molecule has 3 rings (SSSR count). The van der Waals surface area contributed by atoms with Gasteiger partial charge >= 0.3 is 0 Å². The zero-order chi connectivity index (χ0) is 14.8. The summed E-state index contributed by atoms with van der Waals surface area (Å²) in [6.45, 7) is 0.137. The highest BCUT2D eigenvalue weighted by Gasteiger charge is 2.18. The first-order valence-corrected chi connectivity index (χ1v) is 7.39. The molecule has 1 atom stereocenters. The Morgan fingerprint density at radius 2 is 2.10 bits per heavy atom. The van der Waals surface area contributed by atoms with Crippen LogP contribution in [0.25, 0.3) is 0 Å². The quantitative estimate of drug-likeness (QED) is 0.909. The van der Waals surface area contributed by atoms with Gasteiger partial charge in [0, 0.05) is 10.6 Å². The Morgan fingerprint density at radius 3 is 2.90 bits per heavy atom. The molecule has 0 bridgehead atoms. The maximum Gasteiger partial charge on any atom is 0.131 e. The number of aryl methyl sites for hydroxylation is 1. The molecule has 2 aromatic rings. The number of aliphatic hydroxyl groups excluding tert-OH is 1. The number of hydrogen-bond acceptors (Lipinski definition) is 2. The van der Waals surface area contributed by atoms with Gasteiger partial charge in [0.1, 0.15) is 18.2 Å². The van der Waals surface area contributed by atoms with Gasteiger partial charge in [0.15, 0.2) is 0 Å². The van der Waals surface area contributed by atoms with Crippen molar-refractivity contribution in [1.82, 2.24) is 0 Å². The van der Waals surface area contributed by atoms with E-state index in [1.165, 1.54) is 11.6 Å². The smallest absolute Gasteiger partial charge is 0.131 e. The number of benzene rings is 2. The van der Waals surface area contributed by atoms with Crippen LogP contribution in [0, 0.1) is 5.82 Å². The van der Waals surface area contributed by atoms with Crippen LogP contribution in [0.4, 0.5) is 4.39 Å². The summed E-state index contributed by atoms with van der Waals surface area (Å²) < 4.78 is 19.3. The van der Waals surface area contributed by atoms with Crippen LogP contribution in [-0.2, 0) is 13.0 Å². The van der Waals surface area contributed by atoms with Gasteiger partial charge in [-0.25, -0.2) is 4.39 Å². The molecule has 0 heterocycles. The molecule has 0 saturated heterocycles. The molecule has 21 heavy (non-hydrogen) atoms. The third-order valence-corrected chi connectivity index (χ3v) is 4.04. The fraction of sp³-hybridized carbons (Fsp3) is 0.294. The van der Waals surface area contributed by atoms with Crippen LogP contribution in [0.1, 0.15) is 35.6 Å². The van der Waals surface area contributed by atoms with Crippen LogP contribution in [0.2, 0.25) is 5.02 Å². The molecule has 110 valence electrons. The van der Waals surface area contributed by atoms with Crippen LogP contribution in [-0.4, -0.2) is 5.11 Å². The fourth-order valence-corrected chi connectivity index (χ4v) is 2.80. The Kier molecular flexibility index (Phi) is 4.13. The van der Waals surface area contributed by atoms with Gasteiger partial charge in [0.2, 0.25) is 0 Å². The van der Waals surface area contributed by atoms with Gasteiger partial charge in [-0.3, -0.25) is 0 Å². The summed E-state index contributed by atoms with van der Waals surface area (Å²) >= 11 is 5.72. The third kappa shape index (κ3) is 3.20. The molecule has 0 spiro atoms. The molecule has 1 aliphatic rings. The summed E-state index contributed by atoms with van der Waals surface area (Å²) in [5, 5.41) is 10.4. The Balaban J connectivity index is 1.75. The lowest BCUT2D eigenvalue weighted by Gasteiger charge is -2.22. The molecule has 0 aliphatic heterocycles. The van der Waals surface area contributed by atoms with E-state index < -0.39 is 6.10 Å². The Morgan fingerprint density at radius 1 is 1.24 bits per heavy atom. The van der Waals surface area contributed by atoms with Crippen molar-refractivity contribution in [2.45, 2.75) is 32.0 Å². The van der Waals surface area contributed by atoms with Crippen molar-refractivity contribution in [2.24, 2.45) is 0 Å². The third-order valence-electron chi connectivity index (χ3n) is 3.81. The van der Waals surface area contributed by atoms with Crippen molar-refractivity contribution in [3.8, 4) is 5.75 Å². The minimum absolute atomic E-state index is 0.137. The Bertz CT molecular complexity index is 657. The molecular weight excluding hydrogens is 291 g/mol. The van der Waals surface area contributed by atoms with Gasteiger partial charge in [-0.15, -0.1) is 0 Å². The number of rotatable bonds is 3. The second-order valence-corrected chi connectivity index (χ2v) is 5.73. The largest absolute Gasteiger partial charge is 0.489 e. The molecular formula is C17H16ClFO2. The fourth-order valence-electron chi connectivity index (χ4n) is 2.64. The predicted molar refractivity (Wildman–Crippen MR) is 80.1 cm³/mol. The van der Waals surface area contributed by atoms with Crippen LogP contribution in [0.5, 0.6) is 5.75 Å². The summed E-state index contributed by atoms with van der Waals surface area (Å²) in [6, 6.07) is 10.2. The van der Waals surface area contributed by atoms with E-state index in [-0.39, 0.29) is 12.4 Å². The van der Waals surface area contributed by atoms with Crippen molar-refractivity contribution in [2.75, 3.05) is 0 Å². The summed E-state index contributed by atoms with van der Waals surface area (Å²) in [4.78, 5) is 0. The maximum atomic E-state index is 13.7. The number of fused-ring (bicyclic) bond motifs is 1. The van der Waals surface area contributed by atoms with Crippen LogP contribution in [0.3, 0.4) is 0 Å². The minimum Gasteiger partial charge on any atom is -0.489 e. The molecule has 0 unspecified atom stereocenters. The van der Waals surface area contributed by atoms with Gasteiger partial charge in [-0.2, -0.15) is 0 Å². The molecule has 0 radical (unpaired) electrons. The number of ether oxygens (including phenoxy) is 1. The molecule has 0 fully saturated rings. The van der Waals surface area contributed by atoms with E-state index in [2.05, 4.69) is 0 Å². The first-order chi connectivity index (χ1) is 10.1. The normalized spacial score (nSPS) is 17.4. The monoisotopic (exact) mass is 306 g/mol. The van der Waals surface area contributed by atoms with Crippen LogP contribution < -0.4 is 4.74 Å².